The molecule has 3 rings (SSSR count). The molecule has 7 heteroatoms. The first-order chi connectivity index (χ1) is 12.4. The van der Waals surface area contributed by atoms with Crippen molar-refractivity contribution in [2.45, 2.75) is 37.9 Å². The van der Waals surface area contributed by atoms with E-state index in [0.717, 1.165) is 10.4 Å². The number of halogens is 3. The quantitative estimate of drug-likeness (QED) is 0.781. The van der Waals surface area contributed by atoms with E-state index >= 15 is 0 Å². The number of alkyl halides is 3. The van der Waals surface area contributed by atoms with Gasteiger partial charge in [-0.05, 0) is 30.9 Å². The predicted molar refractivity (Wildman–Crippen MR) is 95.6 cm³/mol. The zero-order valence-corrected chi connectivity index (χ0v) is 15.1. The van der Waals surface area contributed by atoms with Gasteiger partial charge in [0.1, 0.15) is 10.6 Å². The third kappa shape index (κ3) is 4.20. The monoisotopic (exact) mass is 383 g/mol. The Bertz CT molecular complexity index is 758. The van der Waals surface area contributed by atoms with Crippen LogP contribution in [0.1, 0.15) is 35.4 Å². The summed E-state index contributed by atoms with van der Waals surface area (Å²) in [4.78, 5) is 13.9. The molecule has 3 nitrogen and oxygen atoms in total. The minimum absolute atomic E-state index is 0.0610. The number of methoxy groups -OCH3 is 1. The van der Waals surface area contributed by atoms with Crippen LogP contribution in [0.15, 0.2) is 36.4 Å². The molecule has 1 N–H and O–H groups in total. The third-order valence-corrected chi connectivity index (χ3v) is 5.82. The van der Waals surface area contributed by atoms with Crippen molar-refractivity contribution in [3.63, 3.8) is 0 Å². The maximum atomic E-state index is 13.0. The van der Waals surface area contributed by atoms with Crippen LogP contribution in [0, 0.1) is 5.92 Å². The van der Waals surface area contributed by atoms with E-state index in [9.17, 15) is 18.0 Å². The van der Waals surface area contributed by atoms with Crippen LogP contribution < -0.4 is 10.1 Å². The van der Waals surface area contributed by atoms with Crippen molar-refractivity contribution < 1.29 is 22.7 Å². The number of carbonyl (C=O) groups is 1. The first-order valence-electron chi connectivity index (χ1n) is 8.49. The molecule has 26 heavy (non-hydrogen) atoms. The van der Waals surface area contributed by atoms with E-state index in [1.165, 1.54) is 18.4 Å². The highest BCUT2D eigenvalue weighted by molar-refractivity contribution is 7.17. The SMILES string of the molecule is COc1cc(-c2ccccc2)sc1C(=O)NC1CCCC(C(F)(F)F)C1. The first-order valence-corrected chi connectivity index (χ1v) is 9.31. The van der Waals surface area contributed by atoms with Gasteiger partial charge in [0, 0.05) is 10.9 Å². The lowest BCUT2D eigenvalue weighted by Gasteiger charge is -2.30. The van der Waals surface area contributed by atoms with Gasteiger partial charge in [-0.25, -0.2) is 0 Å². The molecule has 1 aliphatic rings. The Kier molecular flexibility index (Phi) is 5.55. The normalized spacial score (nSPS) is 20.6. The smallest absolute Gasteiger partial charge is 0.391 e. The van der Waals surface area contributed by atoms with Crippen molar-refractivity contribution in [1.29, 1.82) is 0 Å². The van der Waals surface area contributed by atoms with Crippen molar-refractivity contribution in [2.24, 2.45) is 5.92 Å². The van der Waals surface area contributed by atoms with E-state index in [0.29, 0.717) is 23.5 Å². The standard InChI is InChI=1S/C19H20F3NO2S/c1-25-15-11-16(12-6-3-2-4-7-12)26-17(15)18(24)23-14-9-5-8-13(10-14)19(20,21)22/h2-4,6-7,11,13-14H,5,8-10H2,1H3,(H,23,24). The molecule has 2 unspecified atom stereocenters. The van der Waals surface area contributed by atoms with Crippen molar-refractivity contribution in [1.82, 2.24) is 5.32 Å². The van der Waals surface area contributed by atoms with Gasteiger partial charge in [-0.3, -0.25) is 4.79 Å². The molecule has 1 aromatic heterocycles. The number of carbonyl (C=O) groups excluding carboxylic acids is 1. The van der Waals surface area contributed by atoms with E-state index in [2.05, 4.69) is 5.32 Å². The number of hydrogen-bond acceptors (Lipinski definition) is 3. The second-order valence-corrected chi connectivity index (χ2v) is 7.50. The number of hydrogen-bond donors (Lipinski definition) is 1. The summed E-state index contributed by atoms with van der Waals surface area (Å²) in [5, 5.41) is 2.77. The van der Waals surface area contributed by atoms with Gasteiger partial charge in [-0.15, -0.1) is 11.3 Å². The topological polar surface area (TPSA) is 38.3 Å². The summed E-state index contributed by atoms with van der Waals surface area (Å²) >= 11 is 1.28. The average Bonchev–Trinajstić information content (AvgIpc) is 3.06. The fourth-order valence-electron chi connectivity index (χ4n) is 3.30. The molecule has 1 amide bonds. The summed E-state index contributed by atoms with van der Waals surface area (Å²) in [6.45, 7) is 0. The molecule has 1 fully saturated rings. The van der Waals surface area contributed by atoms with Gasteiger partial charge in [0.2, 0.25) is 0 Å². The van der Waals surface area contributed by atoms with Gasteiger partial charge < -0.3 is 10.1 Å². The molecule has 0 aliphatic heterocycles. The zero-order chi connectivity index (χ0) is 18.7. The van der Waals surface area contributed by atoms with Gasteiger partial charge in [-0.1, -0.05) is 36.8 Å². The minimum Gasteiger partial charge on any atom is -0.495 e. The van der Waals surface area contributed by atoms with Gasteiger partial charge >= 0.3 is 6.18 Å². The van der Waals surface area contributed by atoms with Gasteiger partial charge in [-0.2, -0.15) is 13.2 Å². The first kappa shape index (κ1) is 18.8. The maximum absolute atomic E-state index is 13.0. The van der Waals surface area contributed by atoms with E-state index in [4.69, 9.17) is 4.74 Å². The molecule has 140 valence electrons. The molecule has 1 heterocycles. The Balaban J connectivity index is 1.74. The second-order valence-electron chi connectivity index (χ2n) is 6.45. The summed E-state index contributed by atoms with van der Waals surface area (Å²) in [6.07, 6.45) is -3.10. The maximum Gasteiger partial charge on any atom is 0.391 e. The summed E-state index contributed by atoms with van der Waals surface area (Å²) in [6, 6.07) is 10.9. The lowest BCUT2D eigenvalue weighted by Crippen LogP contribution is -2.41. The Hall–Kier alpha value is -2.02. The van der Waals surface area contributed by atoms with Crippen LogP contribution >= 0.6 is 11.3 Å². The van der Waals surface area contributed by atoms with Crippen LogP contribution in [0.4, 0.5) is 13.2 Å². The van der Waals surface area contributed by atoms with Gasteiger partial charge in [0.05, 0.1) is 13.0 Å². The molecule has 0 bridgehead atoms. The predicted octanol–water partition coefficient (Wildman–Crippen LogP) is 5.27. The Labute approximate surface area is 154 Å². The highest BCUT2D eigenvalue weighted by Crippen LogP contribution is 2.39. The number of thiophene rings is 1. The van der Waals surface area contributed by atoms with Gasteiger partial charge in [0.25, 0.3) is 5.91 Å². The number of benzene rings is 1. The molecule has 0 spiro atoms. The number of amides is 1. The highest BCUT2D eigenvalue weighted by Gasteiger charge is 2.42. The Morgan fingerprint density at radius 2 is 1.96 bits per heavy atom. The molecular formula is C19H20F3NO2S. The molecule has 0 saturated heterocycles. The summed E-state index contributed by atoms with van der Waals surface area (Å²) in [5.41, 5.74) is 0.963. The van der Waals surface area contributed by atoms with Crippen molar-refractivity contribution in [3.8, 4) is 16.2 Å². The van der Waals surface area contributed by atoms with E-state index in [1.54, 1.807) is 6.07 Å². The third-order valence-electron chi connectivity index (χ3n) is 4.65. The van der Waals surface area contributed by atoms with Crippen LogP contribution in [-0.4, -0.2) is 25.2 Å². The van der Waals surface area contributed by atoms with E-state index in [1.807, 2.05) is 30.3 Å². The molecule has 0 radical (unpaired) electrons. The summed E-state index contributed by atoms with van der Waals surface area (Å²) in [5.74, 6) is -1.27. The van der Waals surface area contributed by atoms with Crippen LogP contribution in [0.25, 0.3) is 10.4 Å². The zero-order valence-electron chi connectivity index (χ0n) is 14.3. The van der Waals surface area contributed by atoms with Crippen LogP contribution in [-0.2, 0) is 0 Å². The fraction of sp³-hybridized carbons (Fsp3) is 0.421. The van der Waals surface area contributed by atoms with Crippen molar-refractivity contribution in [2.75, 3.05) is 7.11 Å². The van der Waals surface area contributed by atoms with E-state index < -0.39 is 18.1 Å². The molecular weight excluding hydrogens is 363 g/mol. The number of nitrogens with one attached hydrogen (secondary N) is 1. The van der Waals surface area contributed by atoms with Crippen LogP contribution in [0.2, 0.25) is 0 Å². The Morgan fingerprint density at radius 3 is 2.62 bits per heavy atom. The Morgan fingerprint density at radius 1 is 1.23 bits per heavy atom. The summed E-state index contributed by atoms with van der Waals surface area (Å²) < 4.78 is 44.2. The lowest BCUT2D eigenvalue weighted by atomic mass is 9.85. The van der Waals surface area contributed by atoms with Crippen LogP contribution in [0.3, 0.4) is 0 Å². The lowest BCUT2D eigenvalue weighted by molar-refractivity contribution is -0.183. The summed E-state index contributed by atoms with van der Waals surface area (Å²) in [7, 11) is 1.48. The van der Waals surface area contributed by atoms with Crippen molar-refractivity contribution >= 4 is 17.2 Å². The second kappa shape index (κ2) is 7.70. The van der Waals surface area contributed by atoms with E-state index in [-0.39, 0.29) is 18.7 Å². The average molecular weight is 383 g/mol. The number of ether oxygens (including phenoxy) is 1. The van der Waals surface area contributed by atoms with Crippen LogP contribution in [0.5, 0.6) is 5.75 Å². The van der Waals surface area contributed by atoms with Crippen molar-refractivity contribution in [3.05, 3.63) is 41.3 Å². The molecule has 2 aromatic rings. The fourth-order valence-corrected chi connectivity index (χ4v) is 4.33. The van der Waals surface area contributed by atoms with Gasteiger partial charge in [0.15, 0.2) is 0 Å². The molecule has 1 aromatic carbocycles. The molecule has 1 saturated carbocycles. The minimum atomic E-state index is -4.20. The highest BCUT2D eigenvalue weighted by atomic mass is 32.1. The number of rotatable bonds is 4. The largest absolute Gasteiger partial charge is 0.495 e. The molecule has 2 atom stereocenters. The molecule has 1 aliphatic carbocycles.